The number of oxime groups is 1. The molecule has 0 spiro atoms. The average Bonchev–Trinajstić information content (AvgIpc) is 1.86. The van der Waals surface area contributed by atoms with Gasteiger partial charge in [0.2, 0.25) is 5.97 Å². The molecule has 0 aromatic rings. The Morgan fingerprint density at radius 3 is 2.83 bits per heavy atom. The molecule has 34 valence electrons. The van der Waals surface area contributed by atoms with E-state index in [1.807, 2.05) is 0 Å². The highest BCUT2D eigenvalue weighted by atomic mass is 19.1. The van der Waals surface area contributed by atoms with Crippen LogP contribution in [0, 0.1) is 0 Å². The molecule has 0 amide bonds. The minimum atomic E-state index is -0.394. The molecule has 1 rings (SSSR count). The SMILES string of the molecule is FC1=NOCC1. The molecule has 0 aromatic carbocycles. The number of rotatable bonds is 0. The summed E-state index contributed by atoms with van der Waals surface area (Å²) in [5, 5.41) is 2.99. The van der Waals surface area contributed by atoms with Crippen molar-refractivity contribution < 1.29 is 9.23 Å². The molecule has 0 aliphatic carbocycles. The summed E-state index contributed by atoms with van der Waals surface area (Å²) in [6, 6.07) is 0. The summed E-state index contributed by atoms with van der Waals surface area (Å²) in [5.74, 6) is -0.394. The highest BCUT2D eigenvalue weighted by molar-refractivity contribution is 5.75. The first-order valence-electron chi connectivity index (χ1n) is 1.74. The number of nitrogens with zero attached hydrogens (tertiary/aromatic N) is 1. The van der Waals surface area contributed by atoms with Crippen molar-refractivity contribution in [3.05, 3.63) is 0 Å². The first kappa shape index (κ1) is 3.59. The second-order valence-corrected chi connectivity index (χ2v) is 1.05. The van der Waals surface area contributed by atoms with Crippen LogP contribution in [0.3, 0.4) is 0 Å². The van der Waals surface area contributed by atoms with Gasteiger partial charge in [-0.15, -0.1) is 0 Å². The van der Waals surface area contributed by atoms with Crippen LogP contribution < -0.4 is 0 Å². The van der Waals surface area contributed by atoms with E-state index in [1.165, 1.54) is 0 Å². The molecule has 0 fully saturated rings. The summed E-state index contributed by atoms with van der Waals surface area (Å²) < 4.78 is 11.5. The lowest BCUT2D eigenvalue weighted by atomic mass is 10.5. The fraction of sp³-hybridized carbons (Fsp3) is 0.667. The Balaban J connectivity index is 2.45. The standard InChI is InChI=1S/C3H4FNO/c4-3-1-2-6-5-3/h1-2H2. The second kappa shape index (κ2) is 1.24. The summed E-state index contributed by atoms with van der Waals surface area (Å²) >= 11 is 0. The first-order valence-corrected chi connectivity index (χ1v) is 1.74. The van der Waals surface area contributed by atoms with Crippen LogP contribution in [0.2, 0.25) is 0 Å². The molecular formula is C3H4FNO. The van der Waals surface area contributed by atoms with E-state index in [9.17, 15) is 4.39 Å². The number of hydrogen-bond donors (Lipinski definition) is 0. The van der Waals surface area contributed by atoms with E-state index in [0.717, 1.165) is 0 Å². The fourth-order valence-corrected chi connectivity index (χ4v) is 0.291. The lowest BCUT2D eigenvalue weighted by Gasteiger charge is -1.75. The monoisotopic (exact) mass is 89.0 g/mol. The molecule has 2 nitrogen and oxygen atoms in total. The normalized spacial score (nSPS) is 19.8. The van der Waals surface area contributed by atoms with Crippen LogP contribution in [-0.4, -0.2) is 12.6 Å². The van der Waals surface area contributed by atoms with Gasteiger partial charge >= 0.3 is 0 Å². The maximum absolute atomic E-state index is 11.5. The molecule has 0 saturated carbocycles. The average molecular weight is 89.1 g/mol. The molecular weight excluding hydrogens is 85.0 g/mol. The van der Waals surface area contributed by atoms with Crippen LogP contribution in [0.5, 0.6) is 0 Å². The van der Waals surface area contributed by atoms with Crippen LogP contribution in [0.4, 0.5) is 4.39 Å². The summed E-state index contributed by atoms with van der Waals surface area (Å²) in [6.07, 6.45) is 0.347. The van der Waals surface area contributed by atoms with Crippen molar-refractivity contribution in [1.82, 2.24) is 0 Å². The second-order valence-electron chi connectivity index (χ2n) is 1.05. The van der Waals surface area contributed by atoms with Crippen LogP contribution >= 0.6 is 0 Å². The highest BCUT2D eigenvalue weighted by Gasteiger charge is 2.03. The third-order valence-electron chi connectivity index (χ3n) is 0.563. The van der Waals surface area contributed by atoms with Crippen molar-refractivity contribution in [1.29, 1.82) is 0 Å². The molecule has 0 atom stereocenters. The van der Waals surface area contributed by atoms with Crippen molar-refractivity contribution in [2.45, 2.75) is 6.42 Å². The molecule has 6 heavy (non-hydrogen) atoms. The Labute approximate surface area is 34.6 Å². The maximum atomic E-state index is 11.5. The summed E-state index contributed by atoms with van der Waals surface area (Å²) in [7, 11) is 0. The minimum Gasteiger partial charge on any atom is -0.393 e. The predicted molar refractivity (Wildman–Crippen MR) is 19.1 cm³/mol. The molecule has 1 heterocycles. The van der Waals surface area contributed by atoms with E-state index in [1.54, 1.807) is 0 Å². The van der Waals surface area contributed by atoms with E-state index in [4.69, 9.17) is 0 Å². The van der Waals surface area contributed by atoms with E-state index in [2.05, 4.69) is 9.99 Å². The van der Waals surface area contributed by atoms with Gasteiger partial charge in [-0.2, -0.15) is 4.39 Å². The molecule has 0 radical (unpaired) electrons. The summed E-state index contributed by atoms with van der Waals surface area (Å²) in [6.45, 7) is 0.409. The van der Waals surface area contributed by atoms with Crippen molar-refractivity contribution in [2.24, 2.45) is 5.16 Å². The lowest BCUT2D eigenvalue weighted by molar-refractivity contribution is 0.173. The maximum Gasteiger partial charge on any atom is 0.230 e. The minimum absolute atomic E-state index is 0.347. The molecule has 0 aromatic heterocycles. The molecule has 1 aliphatic rings. The van der Waals surface area contributed by atoms with Gasteiger partial charge in [-0.05, 0) is 0 Å². The van der Waals surface area contributed by atoms with Crippen molar-refractivity contribution in [2.75, 3.05) is 6.61 Å². The van der Waals surface area contributed by atoms with Gasteiger partial charge in [-0.25, -0.2) is 0 Å². The molecule has 0 N–H and O–H groups in total. The van der Waals surface area contributed by atoms with E-state index < -0.39 is 5.97 Å². The Morgan fingerprint density at radius 2 is 2.67 bits per heavy atom. The topological polar surface area (TPSA) is 21.6 Å². The molecule has 0 bridgehead atoms. The van der Waals surface area contributed by atoms with Gasteiger partial charge in [0.05, 0.1) is 6.42 Å². The van der Waals surface area contributed by atoms with Gasteiger partial charge in [-0.3, -0.25) is 0 Å². The van der Waals surface area contributed by atoms with Crippen molar-refractivity contribution in [3.8, 4) is 0 Å². The predicted octanol–water partition coefficient (Wildman–Crippen LogP) is 0.690. The zero-order valence-corrected chi connectivity index (χ0v) is 3.15. The van der Waals surface area contributed by atoms with Gasteiger partial charge in [0, 0.05) is 0 Å². The van der Waals surface area contributed by atoms with E-state index in [-0.39, 0.29) is 0 Å². The third-order valence-corrected chi connectivity index (χ3v) is 0.563. The van der Waals surface area contributed by atoms with Crippen LogP contribution in [0.25, 0.3) is 0 Å². The van der Waals surface area contributed by atoms with Gasteiger partial charge in [0.1, 0.15) is 6.61 Å². The van der Waals surface area contributed by atoms with Crippen molar-refractivity contribution in [3.63, 3.8) is 0 Å². The quantitative estimate of drug-likeness (QED) is 0.428. The van der Waals surface area contributed by atoms with Gasteiger partial charge in [0.25, 0.3) is 0 Å². The molecule has 0 saturated heterocycles. The Kier molecular flexibility index (Phi) is 0.742. The first-order chi connectivity index (χ1) is 2.89. The largest absolute Gasteiger partial charge is 0.393 e. The summed E-state index contributed by atoms with van der Waals surface area (Å²) in [4.78, 5) is 4.27. The molecule has 1 aliphatic heterocycles. The van der Waals surface area contributed by atoms with Gasteiger partial charge in [-0.1, -0.05) is 5.16 Å². The lowest BCUT2D eigenvalue weighted by Crippen LogP contribution is -1.79. The van der Waals surface area contributed by atoms with Gasteiger partial charge in [0.15, 0.2) is 0 Å². The van der Waals surface area contributed by atoms with Crippen molar-refractivity contribution >= 4 is 5.97 Å². The molecule has 3 heteroatoms. The zero-order valence-electron chi connectivity index (χ0n) is 3.15. The Bertz CT molecular complexity index is 80.9. The van der Waals surface area contributed by atoms with Crippen LogP contribution in [-0.2, 0) is 4.84 Å². The Morgan fingerprint density at radius 1 is 1.83 bits per heavy atom. The number of halogens is 1. The third kappa shape index (κ3) is 0.478. The van der Waals surface area contributed by atoms with Crippen LogP contribution in [0.1, 0.15) is 6.42 Å². The zero-order chi connectivity index (χ0) is 4.41. The molecule has 0 unspecified atom stereocenters. The Hall–Kier alpha value is -0.600. The smallest absolute Gasteiger partial charge is 0.230 e. The van der Waals surface area contributed by atoms with E-state index in [0.29, 0.717) is 13.0 Å². The van der Waals surface area contributed by atoms with Crippen LogP contribution in [0.15, 0.2) is 5.16 Å². The van der Waals surface area contributed by atoms with Gasteiger partial charge < -0.3 is 4.84 Å². The fourth-order valence-electron chi connectivity index (χ4n) is 0.291. The number of hydrogen-bond acceptors (Lipinski definition) is 2. The summed E-state index contributed by atoms with van der Waals surface area (Å²) in [5.41, 5.74) is 0. The van der Waals surface area contributed by atoms with E-state index >= 15 is 0 Å². The highest BCUT2D eigenvalue weighted by Crippen LogP contribution is 1.98.